The van der Waals surface area contributed by atoms with E-state index in [9.17, 15) is 35.9 Å². The lowest BCUT2D eigenvalue weighted by molar-refractivity contribution is -0.143. The van der Waals surface area contributed by atoms with Crippen LogP contribution in [0.15, 0.2) is 48.7 Å². The zero-order valence-electron chi connectivity index (χ0n) is 22.6. The Bertz CT molecular complexity index is 1350. The van der Waals surface area contributed by atoms with Gasteiger partial charge in [-0.2, -0.15) is 26.3 Å². The van der Waals surface area contributed by atoms with Crippen LogP contribution < -0.4 is 5.32 Å². The smallest absolute Gasteiger partial charge is 0.361 e. The second-order valence-electron chi connectivity index (χ2n) is 10.4. The van der Waals surface area contributed by atoms with Gasteiger partial charge in [-0.3, -0.25) is 14.5 Å². The van der Waals surface area contributed by atoms with Crippen molar-refractivity contribution in [2.45, 2.75) is 24.8 Å². The molecule has 2 heterocycles. The molecular formula is C28H31F6N5O2. The first-order chi connectivity index (χ1) is 19.2. The Balaban J connectivity index is 1.62. The number of nitrogens with zero attached hydrogens (tertiary/aromatic N) is 3. The molecule has 2 N–H and O–H groups in total. The molecule has 1 saturated heterocycles. The fourth-order valence-electron chi connectivity index (χ4n) is 4.98. The van der Waals surface area contributed by atoms with Gasteiger partial charge in [0.1, 0.15) is 0 Å². The van der Waals surface area contributed by atoms with E-state index in [1.807, 2.05) is 48.2 Å². The van der Waals surface area contributed by atoms with Crippen molar-refractivity contribution in [1.82, 2.24) is 25.0 Å². The zero-order valence-corrected chi connectivity index (χ0v) is 22.6. The van der Waals surface area contributed by atoms with E-state index in [2.05, 4.69) is 10.3 Å². The molecule has 7 nitrogen and oxygen atoms in total. The Labute approximate surface area is 233 Å². The first-order valence-electron chi connectivity index (χ1n) is 13.0. The van der Waals surface area contributed by atoms with Crippen molar-refractivity contribution in [3.05, 3.63) is 70.9 Å². The number of amides is 2. The average molecular weight is 584 g/mol. The molecule has 3 aromatic rings. The quantitative estimate of drug-likeness (QED) is 0.389. The summed E-state index contributed by atoms with van der Waals surface area (Å²) in [6.45, 7) is 1.59. The molecule has 2 amide bonds. The highest BCUT2D eigenvalue weighted by Gasteiger charge is 2.39. The van der Waals surface area contributed by atoms with Gasteiger partial charge in [0.2, 0.25) is 5.91 Å². The van der Waals surface area contributed by atoms with Crippen LogP contribution in [0.2, 0.25) is 0 Å². The number of fused-ring (bicyclic) bond motifs is 1. The fourth-order valence-corrected chi connectivity index (χ4v) is 4.98. The summed E-state index contributed by atoms with van der Waals surface area (Å²) in [4.78, 5) is 34.3. The topological polar surface area (TPSA) is 71.7 Å². The predicted octanol–water partition coefficient (Wildman–Crippen LogP) is 4.25. The van der Waals surface area contributed by atoms with E-state index in [1.165, 1.54) is 4.90 Å². The van der Waals surface area contributed by atoms with Gasteiger partial charge in [-0.25, -0.2) is 0 Å². The number of halogens is 6. The Morgan fingerprint density at radius 3 is 2.29 bits per heavy atom. The molecular weight excluding hydrogens is 552 g/mol. The molecule has 13 heteroatoms. The molecule has 2 aromatic carbocycles. The van der Waals surface area contributed by atoms with Gasteiger partial charge < -0.3 is 20.1 Å². The van der Waals surface area contributed by atoms with Crippen molar-refractivity contribution in [2.24, 2.45) is 0 Å². The fraction of sp³-hybridized carbons (Fsp3) is 0.429. The predicted molar refractivity (Wildman–Crippen MR) is 141 cm³/mol. The minimum atomic E-state index is -5.07. The molecule has 4 rings (SSSR count). The summed E-state index contributed by atoms with van der Waals surface area (Å²) in [7, 11) is 3.75. The van der Waals surface area contributed by atoms with Crippen molar-refractivity contribution in [2.75, 3.05) is 53.4 Å². The number of likely N-dealkylation sites (N-methyl/N-ethyl adjacent to an activating group) is 1. The SMILES string of the molecule is CN(C)CCNC(=O)CN1CCN(C(=O)c2cc(C(F)(F)F)cc(C(F)(F)F)c2)[C@H](Cc2c[nH]c3ccccc23)C1. The van der Waals surface area contributed by atoms with Crippen molar-refractivity contribution in [1.29, 1.82) is 0 Å². The van der Waals surface area contributed by atoms with Crippen LogP contribution in [0.3, 0.4) is 0 Å². The van der Waals surface area contributed by atoms with E-state index in [-0.39, 0.29) is 44.6 Å². The summed E-state index contributed by atoms with van der Waals surface area (Å²) in [5.74, 6) is -1.15. The first-order valence-corrected chi connectivity index (χ1v) is 13.0. The molecule has 0 bridgehead atoms. The van der Waals surface area contributed by atoms with Gasteiger partial charge in [0.05, 0.1) is 17.7 Å². The highest BCUT2D eigenvalue weighted by atomic mass is 19.4. The Morgan fingerprint density at radius 1 is 1.00 bits per heavy atom. The molecule has 41 heavy (non-hydrogen) atoms. The normalized spacial score (nSPS) is 16.9. The Morgan fingerprint density at radius 2 is 1.66 bits per heavy atom. The summed E-state index contributed by atoms with van der Waals surface area (Å²) >= 11 is 0. The van der Waals surface area contributed by atoms with E-state index in [4.69, 9.17) is 0 Å². The number of carbonyl (C=O) groups is 2. The summed E-state index contributed by atoms with van der Waals surface area (Å²) in [6, 6.07) is 7.76. The molecule has 0 aliphatic carbocycles. The summed E-state index contributed by atoms with van der Waals surface area (Å²) in [5, 5.41) is 3.71. The maximum absolute atomic E-state index is 13.6. The number of alkyl halides is 6. The largest absolute Gasteiger partial charge is 0.416 e. The Hall–Kier alpha value is -3.58. The van der Waals surface area contributed by atoms with Crippen molar-refractivity contribution >= 4 is 22.7 Å². The number of hydrogen-bond acceptors (Lipinski definition) is 4. The molecule has 1 fully saturated rings. The number of aromatic nitrogens is 1. The number of carbonyl (C=O) groups excluding carboxylic acids is 2. The molecule has 0 radical (unpaired) electrons. The summed E-state index contributed by atoms with van der Waals surface area (Å²) < 4.78 is 80.9. The van der Waals surface area contributed by atoms with Crippen molar-refractivity contribution in [3.63, 3.8) is 0 Å². The third kappa shape index (κ3) is 7.59. The third-order valence-corrected chi connectivity index (χ3v) is 7.04. The van der Waals surface area contributed by atoms with Gasteiger partial charge in [0.25, 0.3) is 5.91 Å². The van der Waals surface area contributed by atoms with Crippen LogP contribution in [0, 0.1) is 0 Å². The number of aromatic amines is 1. The lowest BCUT2D eigenvalue weighted by Crippen LogP contribution is -2.57. The van der Waals surface area contributed by atoms with E-state index in [0.717, 1.165) is 16.5 Å². The third-order valence-electron chi connectivity index (χ3n) is 7.04. The van der Waals surface area contributed by atoms with E-state index < -0.39 is 41.0 Å². The van der Waals surface area contributed by atoms with E-state index in [0.29, 0.717) is 25.2 Å². The standard InChI is InChI=1S/C28H31F6N5O2/c1-37(2)8-7-35-25(40)17-38-9-10-39(22(16-38)13-19-15-36-24-6-4-3-5-23(19)24)26(41)18-11-20(27(29,30)31)14-21(12-18)28(32,33)34/h3-6,11-12,14-15,22,36H,7-10,13,16-17H2,1-2H3,(H,35,40)/t22-/m1/s1. The van der Waals surface area contributed by atoms with Gasteiger partial charge in [-0.05, 0) is 50.3 Å². The van der Waals surface area contributed by atoms with Crippen LogP contribution in [0.1, 0.15) is 27.0 Å². The number of rotatable bonds is 8. The van der Waals surface area contributed by atoms with Gasteiger partial charge in [-0.15, -0.1) is 0 Å². The van der Waals surface area contributed by atoms with Crippen molar-refractivity contribution in [3.8, 4) is 0 Å². The minimum Gasteiger partial charge on any atom is -0.361 e. The van der Waals surface area contributed by atoms with Gasteiger partial charge in [0.15, 0.2) is 0 Å². The van der Waals surface area contributed by atoms with Crippen molar-refractivity contribution < 1.29 is 35.9 Å². The second kappa shape index (κ2) is 12.1. The van der Waals surface area contributed by atoms with Gasteiger partial charge >= 0.3 is 12.4 Å². The molecule has 1 aromatic heterocycles. The number of piperazine rings is 1. The average Bonchev–Trinajstić information content (AvgIpc) is 3.30. The number of para-hydroxylation sites is 1. The zero-order chi connectivity index (χ0) is 29.9. The van der Waals surface area contributed by atoms with E-state index in [1.54, 1.807) is 6.20 Å². The molecule has 0 unspecified atom stereocenters. The van der Waals surface area contributed by atoms with Crippen LogP contribution >= 0.6 is 0 Å². The van der Waals surface area contributed by atoms with Crippen LogP contribution in [-0.2, 0) is 23.6 Å². The monoisotopic (exact) mass is 583 g/mol. The summed E-state index contributed by atoms with van der Waals surface area (Å²) in [6.07, 6.45) is -8.09. The van der Waals surface area contributed by atoms with Crippen LogP contribution in [0.5, 0.6) is 0 Å². The molecule has 1 aliphatic heterocycles. The molecule has 0 spiro atoms. The number of nitrogens with one attached hydrogen (secondary N) is 2. The van der Waals surface area contributed by atoms with Gasteiger partial charge in [0, 0.05) is 61.4 Å². The minimum absolute atomic E-state index is 0.00700. The first kappa shape index (κ1) is 30.4. The maximum atomic E-state index is 13.6. The number of hydrogen-bond donors (Lipinski definition) is 2. The molecule has 222 valence electrons. The lowest BCUT2D eigenvalue weighted by atomic mass is 9.98. The van der Waals surface area contributed by atoms with Crippen LogP contribution in [0.25, 0.3) is 10.9 Å². The highest BCUT2D eigenvalue weighted by Crippen LogP contribution is 2.37. The number of benzene rings is 2. The van der Waals surface area contributed by atoms with Gasteiger partial charge in [-0.1, -0.05) is 18.2 Å². The summed E-state index contributed by atoms with van der Waals surface area (Å²) in [5.41, 5.74) is -2.10. The molecule has 1 atom stereocenters. The van der Waals surface area contributed by atoms with E-state index >= 15 is 0 Å². The lowest BCUT2D eigenvalue weighted by Gasteiger charge is -2.41. The van der Waals surface area contributed by atoms with Crippen LogP contribution in [-0.4, -0.2) is 90.9 Å². The Kier molecular flexibility index (Phi) is 8.97. The second-order valence-corrected chi connectivity index (χ2v) is 10.4. The van der Waals surface area contributed by atoms with Crippen LogP contribution in [0.4, 0.5) is 26.3 Å². The number of H-pyrrole nitrogens is 1. The highest BCUT2D eigenvalue weighted by molar-refractivity contribution is 5.95. The molecule has 0 saturated carbocycles. The molecule has 1 aliphatic rings. The maximum Gasteiger partial charge on any atom is 0.416 e.